The van der Waals surface area contributed by atoms with Crippen LogP contribution in [0.3, 0.4) is 0 Å². The third-order valence-electron chi connectivity index (χ3n) is 8.65. The molecule has 6 N–H and O–H groups in total. The number of nitrogens with zero attached hydrogens (tertiary/aromatic N) is 9. The van der Waals surface area contributed by atoms with Gasteiger partial charge in [-0.25, -0.2) is 19.4 Å². The minimum Gasteiger partial charge on any atom is -0.493 e. The first-order valence-corrected chi connectivity index (χ1v) is 18.4. The lowest BCUT2D eigenvalue weighted by molar-refractivity contribution is -0.157. The van der Waals surface area contributed by atoms with Crippen molar-refractivity contribution < 1.29 is 39.0 Å². The number of anilines is 1. The first-order valence-electron chi connectivity index (χ1n) is 16.4. The SMILES string of the molecule is CC(=O)N(C(=O)[C@H](C)N)c1ccc(-c2ncc(C(=O)N(C(=O)C(N)c3ccccc3)C3C(=O)N4C(C(=O)O)=C(CSc5nnnn5C)CS[C@@H]34)c(O)n2)cc1. The molecule has 6 rings (SSSR count). The Labute approximate surface area is 320 Å². The molecule has 0 aliphatic carbocycles. The second-order valence-corrected chi connectivity index (χ2v) is 14.4. The van der Waals surface area contributed by atoms with Crippen LogP contribution in [0.15, 0.2) is 77.2 Å². The standard InChI is InChI=1S/C34H33N11O8S2/c1-16(35)28(48)43(17(2)46)21-11-9-19(10-12-21)26-37-13-22(27(47)38-26)29(49)44(30(50)23(36)18-7-5-4-6-8-18)25-31(51)45-24(33(52)53)20(14-54-32(25)45)15-55-34-39-40-41-42(34)3/h4-13,16,23,25,32H,14-15,35-36H2,1-3H3,(H,52,53)(H,37,38,47)/t16-,23?,25?,32-/m0/s1. The molecule has 1 saturated heterocycles. The van der Waals surface area contributed by atoms with Crippen molar-refractivity contribution in [2.45, 2.75) is 42.5 Å². The number of rotatable bonds is 11. The van der Waals surface area contributed by atoms with Crippen LogP contribution < -0.4 is 16.4 Å². The maximum Gasteiger partial charge on any atom is 0.352 e. The third kappa shape index (κ3) is 7.41. The Hall–Kier alpha value is -6.03. The molecule has 4 heterocycles. The maximum atomic E-state index is 14.3. The number of carboxylic acid groups (broad SMARTS) is 1. The predicted octanol–water partition coefficient (Wildman–Crippen LogP) is 0.683. The molecule has 0 bridgehead atoms. The number of thioether (sulfide) groups is 2. The van der Waals surface area contributed by atoms with Crippen molar-refractivity contribution in [2.24, 2.45) is 18.5 Å². The van der Waals surface area contributed by atoms with Gasteiger partial charge in [0.15, 0.2) is 5.82 Å². The summed E-state index contributed by atoms with van der Waals surface area (Å²) in [7, 11) is 1.62. The van der Waals surface area contributed by atoms with E-state index in [-0.39, 0.29) is 28.7 Å². The lowest BCUT2D eigenvalue weighted by Gasteiger charge is -2.52. The lowest BCUT2D eigenvalue weighted by Crippen LogP contribution is -2.72. The molecular weight excluding hydrogens is 755 g/mol. The highest BCUT2D eigenvalue weighted by molar-refractivity contribution is 8.01. The fourth-order valence-corrected chi connectivity index (χ4v) is 8.29. The Kier molecular flexibility index (Phi) is 11.1. The van der Waals surface area contributed by atoms with Crippen LogP contribution >= 0.6 is 23.5 Å². The second kappa shape index (κ2) is 15.8. The van der Waals surface area contributed by atoms with Gasteiger partial charge in [-0.2, -0.15) is 4.98 Å². The zero-order valence-electron chi connectivity index (χ0n) is 29.3. The second-order valence-electron chi connectivity index (χ2n) is 12.3. The molecule has 21 heteroatoms. The summed E-state index contributed by atoms with van der Waals surface area (Å²) >= 11 is 2.33. The first kappa shape index (κ1) is 38.7. The van der Waals surface area contributed by atoms with Crippen LogP contribution in [0.4, 0.5) is 5.69 Å². The largest absolute Gasteiger partial charge is 0.493 e. The summed E-state index contributed by atoms with van der Waals surface area (Å²) < 4.78 is 1.42. The molecule has 284 valence electrons. The quantitative estimate of drug-likeness (QED) is 0.120. The highest BCUT2D eigenvalue weighted by atomic mass is 32.2. The minimum atomic E-state index is -1.50. The van der Waals surface area contributed by atoms with E-state index in [1.54, 1.807) is 37.4 Å². The van der Waals surface area contributed by atoms with Crippen molar-refractivity contribution in [3.8, 4) is 17.3 Å². The van der Waals surface area contributed by atoms with Crippen molar-refractivity contribution in [1.29, 1.82) is 0 Å². The highest BCUT2D eigenvalue weighted by Gasteiger charge is 2.59. The number of aromatic hydroxyl groups is 1. The van der Waals surface area contributed by atoms with Gasteiger partial charge in [0.2, 0.25) is 22.9 Å². The van der Waals surface area contributed by atoms with E-state index < -0.39 is 70.4 Å². The summed E-state index contributed by atoms with van der Waals surface area (Å²) in [6.45, 7) is 2.66. The summed E-state index contributed by atoms with van der Waals surface area (Å²) in [5, 5.41) is 31.9. The van der Waals surface area contributed by atoms with Crippen LogP contribution in [-0.4, -0.2) is 115 Å². The van der Waals surface area contributed by atoms with E-state index in [4.69, 9.17) is 11.5 Å². The summed E-state index contributed by atoms with van der Waals surface area (Å²) in [6, 6.07) is 10.1. The molecule has 4 aromatic rings. The molecular formula is C34H33N11O8S2. The number of aromatic nitrogens is 6. The molecule has 2 unspecified atom stereocenters. The normalized spacial score (nSPS) is 17.5. The number of β-lactam (4-membered cyclic amide) rings is 1. The number of benzene rings is 2. The molecule has 0 spiro atoms. The summed E-state index contributed by atoms with van der Waals surface area (Å²) in [4.78, 5) is 90.5. The Morgan fingerprint density at radius 2 is 1.75 bits per heavy atom. The topological polar surface area (TPSA) is 274 Å². The van der Waals surface area contributed by atoms with Gasteiger partial charge < -0.3 is 21.7 Å². The van der Waals surface area contributed by atoms with Crippen LogP contribution in [0.5, 0.6) is 5.88 Å². The molecule has 0 radical (unpaired) electrons. The highest BCUT2D eigenvalue weighted by Crippen LogP contribution is 2.44. The van der Waals surface area contributed by atoms with Gasteiger partial charge in [-0.05, 0) is 52.8 Å². The zero-order chi connectivity index (χ0) is 39.7. The Morgan fingerprint density at radius 3 is 2.33 bits per heavy atom. The fourth-order valence-electron chi connectivity index (χ4n) is 5.91. The van der Waals surface area contributed by atoms with Crippen LogP contribution in [0.2, 0.25) is 0 Å². The van der Waals surface area contributed by atoms with Crippen LogP contribution in [0, 0.1) is 0 Å². The monoisotopic (exact) mass is 787 g/mol. The first-order chi connectivity index (χ1) is 26.2. The third-order valence-corrected chi connectivity index (χ3v) is 11.1. The smallest absolute Gasteiger partial charge is 0.352 e. The average molecular weight is 788 g/mol. The van der Waals surface area contributed by atoms with E-state index in [0.717, 1.165) is 27.8 Å². The van der Waals surface area contributed by atoms with Crippen molar-refractivity contribution in [2.75, 3.05) is 16.4 Å². The molecule has 5 amide bonds. The van der Waals surface area contributed by atoms with Crippen molar-refractivity contribution in [3.63, 3.8) is 0 Å². The molecule has 1 fully saturated rings. The van der Waals surface area contributed by atoms with E-state index in [1.165, 1.54) is 54.6 Å². The number of carbonyl (C=O) groups excluding carboxylic acids is 5. The molecule has 2 aliphatic rings. The number of nitrogens with two attached hydrogens (primary N) is 2. The number of fused-ring (bicyclic) bond motifs is 1. The van der Waals surface area contributed by atoms with Crippen molar-refractivity contribution >= 4 is 64.7 Å². The van der Waals surface area contributed by atoms with E-state index >= 15 is 0 Å². The molecule has 2 aliphatic heterocycles. The van der Waals surface area contributed by atoms with Gasteiger partial charge in [0.1, 0.15) is 28.7 Å². The van der Waals surface area contributed by atoms with Gasteiger partial charge in [0.05, 0.1) is 11.7 Å². The average Bonchev–Trinajstić information content (AvgIpc) is 3.59. The molecule has 2 aromatic heterocycles. The number of carbonyl (C=O) groups is 6. The Bertz CT molecular complexity index is 2230. The molecule has 0 saturated carbocycles. The summed E-state index contributed by atoms with van der Waals surface area (Å²) in [6.07, 6.45) is 0.984. The number of hydrogen-bond acceptors (Lipinski definition) is 16. The van der Waals surface area contributed by atoms with Gasteiger partial charge in [-0.15, -0.1) is 16.9 Å². The number of imide groups is 2. The van der Waals surface area contributed by atoms with Crippen molar-refractivity contribution in [1.82, 2.24) is 40.0 Å². The predicted molar refractivity (Wildman–Crippen MR) is 197 cm³/mol. The van der Waals surface area contributed by atoms with E-state index in [9.17, 15) is 39.0 Å². The summed E-state index contributed by atoms with van der Waals surface area (Å²) in [5.74, 6) is -6.12. The zero-order valence-corrected chi connectivity index (χ0v) is 31.0. The van der Waals surface area contributed by atoms with Gasteiger partial charge in [-0.3, -0.25) is 33.8 Å². The number of tetrazole rings is 1. The number of aryl methyl sites for hydroxylation is 1. The van der Waals surface area contributed by atoms with E-state index in [2.05, 4.69) is 25.5 Å². The number of hydrogen-bond donors (Lipinski definition) is 4. The lowest BCUT2D eigenvalue weighted by atomic mass is 9.98. The van der Waals surface area contributed by atoms with Gasteiger partial charge in [0.25, 0.3) is 17.7 Å². The van der Waals surface area contributed by atoms with E-state index in [0.29, 0.717) is 26.8 Å². The van der Waals surface area contributed by atoms with Crippen LogP contribution in [-0.2, 0) is 31.0 Å². The molecule has 2 aromatic carbocycles. The number of aliphatic carboxylic acids is 1. The molecule has 19 nitrogen and oxygen atoms in total. The van der Waals surface area contributed by atoms with Crippen LogP contribution in [0.1, 0.15) is 35.8 Å². The Balaban J connectivity index is 1.31. The van der Waals surface area contributed by atoms with Gasteiger partial charge in [0, 0.05) is 37.2 Å². The molecule has 55 heavy (non-hydrogen) atoms. The van der Waals surface area contributed by atoms with Gasteiger partial charge in [-0.1, -0.05) is 42.1 Å². The minimum absolute atomic E-state index is 0.0557. The maximum absolute atomic E-state index is 14.3. The van der Waals surface area contributed by atoms with E-state index in [1.807, 2.05) is 0 Å². The van der Waals surface area contributed by atoms with Crippen LogP contribution in [0.25, 0.3) is 11.4 Å². The van der Waals surface area contributed by atoms with Crippen molar-refractivity contribution in [3.05, 3.63) is 83.2 Å². The molecule has 4 atom stereocenters. The fraction of sp³-hybridized carbons (Fsp3) is 0.265. The number of amides is 5. The Morgan fingerprint density at radius 1 is 1.05 bits per heavy atom. The van der Waals surface area contributed by atoms with Gasteiger partial charge >= 0.3 is 5.97 Å². The number of carboxylic acids is 1. The summed E-state index contributed by atoms with van der Waals surface area (Å²) in [5.41, 5.74) is 12.5.